The van der Waals surface area contributed by atoms with E-state index in [1.165, 1.54) is 24.3 Å². The van der Waals surface area contributed by atoms with Gasteiger partial charge in [-0.15, -0.1) is 0 Å². The Labute approximate surface area is 108 Å². The van der Waals surface area contributed by atoms with Crippen molar-refractivity contribution in [1.82, 2.24) is 10.2 Å². The first-order valence-corrected chi connectivity index (χ1v) is 5.62. The van der Waals surface area contributed by atoms with Gasteiger partial charge in [-0.2, -0.15) is 0 Å². The van der Waals surface area contributed by atoms with Gasteiger partial charge < -0.3 is 5.32 Å². The predicted molar refractivity (Wildman–Crippen MR) is 67.0 cm³/mol. The largest absolute Gasteiger partial charge is 0.328 e. The van der Waals surface area contributed by atoms with Gasteiger partial charge in [0.05, 0.1) is 10.5 Å². The van der Waals surface area contributed by atoms with Crippen molar-refractivity contribution in [1.29, 1.82) is 0 Å². The highest BCUT2D eigenvalue weighted by atomic mass is 16.6. The molecule has 0 radical (unpaired) electrons. The van der Waals surface area contributed by atoms with Gasteiger partial charge in [0, 0.05) is 12.6 Å². The molecule has 19 heavy (non-hydrogen) atoms. The molecule has 0 bridgehead atoms. The Kier molecular flexibility index (Phi) is 3.28. The average molecular weight is 261 g/mol. The lowest BCUT2D eigenvalue weighted by molar-refractivity contribution is -0.385. The lowest BCUT2D eigenvalue weighted by Crippen LogP contribution is -2.30. The fourth-order valence-corrected chi connectivity index (χ4v) is 1.79. The summed E-state index contributed by atoms with van der Waals surface area (Å²) in [5.41, 5.74) is 0.197. The van der Waals surface area contributed by atoms with E-state index < -0.39 is 16.9 Å². The van der Waals surface area contributed by atoms with Crippen LogP contribution in [0.15, 0.2) is 30.0 Å². The quantitative estimate of drug-likeness (QED) is 0.386. The molecule has 3 amide bonds. The van der Waals surface area contributed by atoms with Gasteiger partial charge in [-0.25, -0.2) is 4.79 Å². The first kappa shape index (κ1) is 12.7. The van der Waals surface area contributed by atoms with Crippen molar-refractivity contribution in [2.45, 2.75) is 6.92 Å². The number of imide groups is 1. The summed E-state index contributed by atoms with van der Waals surface area (Å²) < 4.78 is 0. The molecule has 1 aliphatic heterocycles. The second-order valence-corrected chi connectivity index (χ2v) is 3.85. The van der Waals surface area contributed by atoms with E-state index >= 15 is 0 Å². The van der Waals surface area contributed by atoms with Crippen LogP contribution in [0.3, 0.4) is 0 Å². The van der Waals surface area contributed by atoms with Gasteiger partial charge in [0.15, 0.2) is 0 Å². The summed E-state index contributed by atoms with van der Waals surface area (Å²) in [4.78, 5) is 34.6. The zero-order chi connectivity index (χ0) is 14.0. The van der Waals surface area contributed by atoms with E-state index in [0.717, 1.165) is 4.90 Å². The molecule has 1 fully saturated rings. The highest BCUT2D eigenvalue weighted by Gasteiger charge is 2.32. The van der Waals surface area contributed by atoms with Gasteiger partial charge in [0.25, 0.3) is 11.6 Å². The third-order valence-corrected chi connectivity index (χ3v) is 2.71. The van der Waals surface area contributed by atoms with Crippen molar-refractivity contribution >= 4 is 23.7 Å². The molecule has 0 aliphatic carbocycles. The summed E-state index contributed by atoms with van der Waals surface area (Å²) in [6.45, 7) is 1.92. The standard InChI is InChI=1S/C12H11N3O4/c1-2-14-11(16)9(13-12(14)17)7-8-5-3-4-6-10(8)15(18)19/h3-7H,2H2,1H3,(H,13,17)/b9-7+. The lowest BCUT2D eigenvalue weighted by Gasteiger charge is -2.06. The number of carbonyl (C=O) groups excluding carboxylic acids is 2. The number of benzene rings is 1. The minimum Gasteiger partial charge on any atom is -0.303 e. The Balaban J connectivity index is 2.41. The fraction of sp³-hybridized carbons (Fsp3) is 0.167. The number of carbonyl (C=O) groups is 2. The molecule has 1 N–H and O–H groups in total. The Bertz CT molecular complexity index is 594. The zero-order valence-corrected chi connectivity index (χ0v) is 10.1. The molecule has 7 heteroatoms. The molecule has 98 valence electrons. The third kappa shape index (κ3) is 2.30. The third-order valence-electron chi connectivity index (χ3n) is 2.71. The summed E-state index contributed by atoms with van der Waals surface area (Å²) in [5, 5.41) is 13.3. The molecule has 0 aromatic heterocycles. The van der Waals surface area contributed by atoms with Gasteiger partial charge >= 0.3 is 6.03 Å². The van der Waals surface area contributed by atoms with Gasteiger partial charge in [-0.1, -0.05) is 12.1 Å². The van der Waals surface area contributed by atoms with E-state index in [9.17, 15) is 19.7 Å². The molecule has 1 saturated heterocycles. The number of nitrogens with one attached hydrogen (secondary N) is 1. The van der Waals surface area contributed by atoms with Crippen molar-refractivity contribution < 1.29 is 14.5 Å². The summed E-state index contributed by atoms with van der Waals surface area (Å²) in [7, 11) is 0. The molecular formula is C12H11N3O4. The minimum atomic E-state index is -0.536. The number of hydrogen-bond acceptors (Lipinski definition) is 4. The second-order valence-electron chi connectivity index (χ2n) is 3.85. The molecular weight excluding hydrogens is 250 g/mol. The SMILES string of the molecule is CCN1C(=O)N/C(=C/c2ccccc2[N+](=O)[O-])C1=O. The monoisotopic (exact) mass is 261 g/mol. The van der Waals surface area contributed by atoms with Crippen LogP contribution in [0.1, 0.15) is 12.5 Å². The van der Waals surface area contributed by atoms with Gasteiger partial charge in [0.1, 0.15) is 5.70 Å². The van der Waals surface area contributed by atoms with E-state index in [4.69, 9.17) is 0 Å². The highest BCUT2D eigenvalue weighted by Crippen LogP contribution is 2.22. The summed E-state index contributed by atoms with van der Waals surface area (Å²) >= 11 is 0. The van der Waals surface area contributed by atoms with Crippen molar-refractivity contribution in [2.24, 2.45) is 0 Å². The first-order valence-electron chi connectivity index (χ1n) is 5.62. The van der Waals surface area contributed by atoms with E-state index in [2.05, 4.69) is 5.32 Å². The fourth-order valence-electron chi connectivity index (χ4n) is 1.79. The number of likely N-dealkylation sites (N-methyl/N-ethyl adjacent to an activating group) is 1. The van der Waals surface area contributed by atoms with Crippen LogP contribution in [0.2, 0.25) is 0 Å². The molecule has 0 unspecified atom stereocenters. The smallest absolute Gasteiger partial charge is 0.303 e. The van der Waals surface area contributed by atoms with Crippen molar-refractivity contribution in [3.05, 3.63) is 45.6 Å². The lowest BCUT2D eigenvalue weighted by atomic mass is 10.1. The molecule has 1 heterocycles. The number of nitro groups is 1. The summed E-state index contributed by atoms with van der Waals surface area (Å²) in [6, 6.07) is 5.49. The molecule has 1 aromatic carbocycles. The minimum absolute atomic E-state index is 0.0427. The van der Waals surface area contributed by atoms with Gasteiger partial charge in [0.2, 0.25) is 0 Å². The highest BCUT2D eigenvalue weighted by molar-refractivity contribution is 6.14. The summed E-state index contributed by atoms with van der Waals surface area (Å²) in [5.74, 6) is -0.481. The van der Waals surface area contributed by atoms with Crippen molar-refractivity contribution in [3.8, 4) is 0 Å². The normalized spacial score (nSPS) is 16.9. The molecule has 1 aromatic rings. The Morgan fingerprint density at radius 2 is 2.05 bits per heavy atom. The van der Waals surface area contributed by atoms with Crippen LogP contribution in [0.5, 0.6) is 0 Å². The molecule has 1 aliphatic rings. The first-order chi connectivity index (χ1) is 9.04. The predicted octanol–water partition coefficient (Wildman–Crippen LogP) is 1.51. The van der Waals surface area contributed by atoms with Crippen molar-refractivity contribution in [3.63, 3.8) is 0 Å². The molecule has 0 spiro atoms. The van der Waals surface area contributed by atoms with E-state index in [1.54, 1.807) is 13.0 Å². The number of para-hydroxylation sites is 1. The number of nitrogens with zero attached hydrogens (tertiary/aromatic N) is 2. The number of amides is 3. The molecule has 0 atom stereocenters. The van der Waals surface area contributed by atoms with Crippen molar-refractivity contribution in [2.75, 3.05) is 6.54 Å². The Morgan fingerprint density at radius 1 is 1.37 bits per heavy atom. The second kappa shape index (κ2) is 4.89. The Morgan fingerprint density at radius 3 is 2.63 bits per heavy atom. The molecule has 0 saturated carbocycles. The zero-order valence-electron chi connectivity index (χ0n) is 10.1. The van der Waals surface area contributed by atoms with Crippen LogP contribution in [-0.2, 0) is 4.79 Å². The van der Waals surface area contributed by atoms with E-state index in [0.29, 0.717) is 0 Å². The Hall–Kier alpha value is -2.70. The maximum atomic E-state index is 11.8. The van der Waals surface area contributed by atoms with E-state index in [-0.39, 0.29) is 23.5 Å². The van der Waals surface area contributed by atoms with Crippen LogP contribution >= 0.6 is 0 Å². The average Bonchev–Trinajstić information content (AvgIpc) is 2.64. The van der Waals surface area contributed by atoms with Gasteiger partial charge in [-0.05, 0) is 19.1 Å². The van der Waals surface area contributed by atoms with Crippen LogP contribution in [0.25, 0.3) is 6.08 Å². The number of rotatable bonds is 3. The van der Waals surface area contributed by atoms with Crippen LogP contribution in [0.4, 0.5) is 10.5 Å². The molecule has 2 rings (SSSR count). The maximum Gasteiger partial charge on any atom is 0.328 e. The van der Waals surface area contributed by atoms with Crippen LogP contribution in [-0.4, -0.2) is 28.3 Å². The van der Waals surface area contributed by atoms with Crippen LogP contribution < -0.4 is 5.32 Å². The van der Waals surface area contributed by atoms with Crippen LogP contribution in [0, 0.1) is 10.1 Å². The maximum absolute atomic E-state index is 11.8. The molecule has 7 nitrogen and oxygen atoms in total. The topological polar surface area (TPSA) is 92.6 Å². The summed E-state index contributed by atoms with van der Waals surface area (Å²) in [6.07, 6.45) is 1.31. The number of urea groups is 1. The number of hydrogen-bond donors (Lipinski definition) is 1. The number of nitro benzene ring substituents is 1. The van der Waals surface area contributed by atoms with Gasteiger partial charge in [-0.3, -0.25) is 19.8 Å². The van der Waals surface area contributed by atoms with E-state index in [1.807, 2.05) is 0 Å².